The maximum absolute atomic E-state index is 12.4. The molecular weight excluding hydrogens is 368 g/mol. The third kappa shape index (κ3) is 3.62. The van der Waals surface area contributed by atoms with E-state index < -0.39 is 0 Å². The van der Waals surface area contributed by atoms with Crippen molar-refractivity contribution in [3.8, 4) is 0 Å². The molecule has 0 radical (unpaired) electrons. The van der Waals surface area contributed by atoms with E-state index in [4.69, 9.17) is 0 Å². The van der Waals surface area contributed by atoms with E-state index in [1.54, 1.807) is 0 Å². The molecule has 1 aromatic heterocycles. The average Bonchev–Trinajstić information content (AvgIpc) is 2.90. The topological polar surface area (TPSA) is 57.3 Å². The van der Waals surface area contributed by atoms with Crippen molar-refractivity contribution in [3.63, 3.8) is 0 Å². The number of hydrogen-bond donors (Lipinski definition) is 2. The van der Waals surface area contributed by atoms with E-state index in [0.29, 0.717) is 17.3 Å². The minimum Gasteiger partial charge on any atom is -0.309 e. The molecule has 7 heteroatoms. The highest BCUT2D eigenvalue weighted by Crippen LogP contribution is 2.53. The minimum absolute atomic E-state index is 0. The Balaban J connectivity index is 0.00000176. The number of aromatic nitrogens is 1. The number of carbonyl (C=O) groups is 1. The van der Waals surface area contributed by atoms with Crippen molar-refractivity contribution in [1.29, 1.82) is 0 Å². The number of pyridine rings is 1. The summed E-state index contributed by atoms with van der Waals surface area (Å²) in [5.41, 5.74) is 1.35. The fourth-order valence-corrected chi connectivity index (χ4v) is 3.38. The lowest BCUT2D eigenvalue weighted by Gasteiger charge is -2.17. The fourth-order valence-electron chi connectivity index (χ4n) is 3.07. The van der Waals surface area contributed by atoms with Gasteiger partial charge >= 0.3 is 0 Å². The molecule has 1 aromatic rings. The van der Waals surface area contributed by atoms with Crippen molar-refractivity contribution < 1.29 is 4.79 Å². The fraction of sp³-hybridized carbons (Fsp3) is 0.600. The van der Waals surface area contributed by atoms with E-state index in [9.17, 15) is 4.79 Å². The minimum atomic E-state index is -0.0956. The average molecular weight is 390 g/mol. The first-order valence-electron chi connectivity index (χ1n) is 7.24. The van der Waals surface area contributed by atoms with E-state index in [1.807, 2.05) is 26.2 Å². The Morgan fingerprint density at radius 2 is 2.23 bits per heavy atom. The number of hydrogen-bond acceptors (Lipinski definition) is 4. The SMILES string of the molecule is CN(C)Cc1ccc(Br)nc1NC(=O)C1CC2(C)CC2N1.Cl. The predicted octanol–water partition coefficient (Wildman–Crippen LogP) is 2.41. The monoisotopic (exact) mass is 388 g/mol. The Hall–Kier alpha value is -0.690. The van der Waals surface area contributed by atoms with Crippen molar-refractivity contribution in [3.05, 3.63) is 22.3 Å². The zero-order valence-corrected chi connectivity index (χ0v) is 15.4. The van der Waals surface area contributed by atoms with Crippen LogP contribution in [0.2, 0.25) is 0 Å². The summed E-state index contributed by atoms with van der Waals surface area (Å²) < 4.78 is 0.731. The first-order valence-corrected chi connectivity index (χ1v) is 8.04. The number of nitrogens with one attached hydrogen (secondary N) is 2. The van der Waals surface area contributed by atoms with Gasteiger partial charge < -0.3 is 15.5 Å². The van der Waals surface area contributed by atoms with E-state index in [2.05, 4.69) is 43.4 Å². The summed E-state index contributed by atoms with van der Waals surface area (Å²) in [4.78, 5) is 18.9. The van der Waals surface area contributed by atoms with Crippen LogP contribution in [0.3, 0.4) is 0 Å². The van der Waals surface area contributed by atoms with Gasteiger partial charge in [0.05, 0.1) is 6.04 Å². The Morgan fingerprint density at radius 3 is 2.82 bits per heavy atom. The molecule has 1 amide bonds. The molecule has 22 heavy (non-hydrogen) atoms. The Bertz CT molecular complexity index is 583. The number of halogens is 2. The molecule has 2 aliphatic rings. The van der Waals surface area contributed by atoms with Crippen LogP contribution in [0.5, 0.6) is 0 Å². The predicted molar refractivity (Wildman–Crippen MR) is 93.3 cm³/mol. The lowest BCUT2D eigenvalue weighted by atomic mass is 10.0. The molecule has 3 atom stereocenters. The summed E-state index contributed by atoms with van der Waals surface area (Å²) in [6.45, 7) is 2.99. The summed E-state index contributed by atoms with van der Waals surface area (Å²) in [6.07, 6.45) is 2.11. The summed E-state index contributed by atoms with van der Waals surface area (Å²) in [5.74, 6) is 0.671. The molecular formula is C15H22BrClN4O. The first kappa shape index (κ1) is 17.7. The van der Waals surface area contributed by atoms with Crippen LogP contribution in [-0.4, -0.2) is 42.0 Å². The molecule has 1 aliphatic carbocycles. The van der Waals surface area contributed by atoms with Gasteiger partial charge in [0.25, 0.3) is 0 Å². The van der Waals surface area contributed by atoms with Crippen molar-refractivity contribution in [2.45, 2.75) is 38.4 Å². The number of piperidine rings is 1. The van der Waals surface area contributed by atoms with E-state index in [1.165, 1.54) is 6.42 Å². The molecule has 1 aliphatic heterocycles. The Labute approximate surface area is 145 Å². The first-order chi connectivity index (χ1) is 9.87. The highest BCUT2D eigenvalue weighted by molar-refractivity contribution is 9.10. The summed E-state index contributed by atoms with van der Waals surface area (Å²) in [6, 6.07) is 4.32. The maximum atomic E-state index is 12.4. The molecule has 2 heterocycles. The van der Waals surface area contributed by atoms with Gasteiger partial charge in [0.1, 0.15) is 10.4 Å². The molecule has 2 fully saturated rings. The third-order valence-corrected chi connectivity index (χ3v) is 4.86. The number of rotatable bonds is 4. The van der Waals surface area contributed by atoms with Gasteiger partial charge in [0, 0.05) is 18.2 Å². The zero-order chi connectivity index (χ0) is 15.2. The van der Waals surface area contributed by atoms with Crippen LogP contribution in [0.4, 0.5) is 5.82 Å². The van der Waals surface area contributed by atoms with Crippen LogP contribution >= 0.6 is 28.3 Å². The normalized spacial score (nSPS) is 29.0. The van der Waals surface area contributed by atoms with E-state index in [0.717, 1.165) is 23.1 Å². The quantitative estimate of drug-likeness (QED) is 0.777. The zero-order valence-electron chi connectivity index (χ0n) is 13.0. The van der Waals surface area contributed by atoms with Crippen molar-refractivity contribution >= 4 is 40.1 Å². The number of carbonyl (C=O) groups excluding carboxylic acids is 1. The van der Waals surface area contributed by atoms with Crippen LogP contribution in [0.25, 0.3) is 0 Å². The lowest BCUT2D eigenvalue weighted by molar-refractivity contribution is -0.118. The van der Waals surface area contributed by atoms with E-state index >= 15 is 0 Å². The van der Waals surface area contributed by atoms with Gasteiger partial charge in [0.2, 0.25) is 5.91 Å². The Morgan fingerprint density at radius 1 is 1.50 bits per heavy atom. The van der Waals surface area contributed by atoms with Gasteiger partial charge in [0.15, 0.2) is 0 Å². The van der Waals surface area contributed by atoms with Gasteiger partial charge in [-0.25, -0.2) is 4.98 Å². The molecule has 1 saturated heterocycles. The van der Waals surface area contributed by atoms with Crippen LogP contribution in [0.1, 0.15) is 25.3 Å². The number of amides is 1. The number of nitrogens with zero attached hydrogens (tertiary/aromatic N) is 2. The van der Waals surface area contributed by atoms with Crippen LogP contribution in [0.15, 0.2) is 16.7 Å². The molecule has 1 saturated carbocycles. The second-order valence-electron chi connectivity index (χ2n) is 6.70. The summed E-state index contributed by atoms with van der Waals surface area (Å²) in [5, 5.41) is 6.39. The lowest BCUT2D eigenvalue weighted by Crippen LogP contribution is -2.38. The van der Waals surface area contributed by atoms with Crippen molar-refractivity contribution in [2.24, 2.45) is 5.41 Å². The molecule has 122 valence electrons. The molecule has 0 spiro atoms. The van der Waals surface area contributed by atoms with Crippen LogP contribution in [0, 0.1) is 5.41 Å². The largest absolute Gasteiger partial charge is 0.309 e. The second-order valence-corrected chi connectivity index (χ2v) is 7.52. The highest BCUT2D eigenvalue weighted by Gasteiger charge is 2.58. The summed E-state index contributed by atoms with van der Waals surface area (Å²) in [7, 11) is 4.00. The van der Waals surface area contributed by atoms with Gasteiger partial charge in [-0.15, -0.1) is 12.4 Å². The summed E-state index contributed by atoms with van der Waals surface area (Å²) >= 11 is 3.37. The van der Waals surface area contributed by atoms with Gasteiger partial charge in [-0.05, 0) is 54.3 Å². The molecule has 3 unspecified atom stereocenters. The Kier molecular flexibility index (Phi) is 5.16. The van der Waals surface area contributed by atoms with E-state index in [-0.39, 0.29) is 24.4 Å². The number of anilines is 1. The molecule has 0 bridgehead atoms. The number of fused-ring (bicyclic) bond motifs is 1. The van der Waals surface area contributed by atoms with Crippen molar-refractivity contribution in [1.82, 2.24) is 15.2 Å². The smallest absolute Gasteiger partial charge is 0.242 e. The van der Waals surface area contributed by atoms with Gasteiger partial charge in [-0.3, -0.25) is 4.79 Å². The highest BCUT2D eigenvalue weighted by atomic mass is 79.9. The molecule has 3 rings (SSSR count). The molecule has 0 aromatic carbocycles. The standard InChI is InChI=1S/C15H21BrN4O.ClH/c1-15-6-10(17-11(15)7-15)14(21)19-13-9(8-20(2)3)4-5-12(16)18-13;/h4-5,10-11,17H,6-8H2,1-3H3,(H,18,19,21);1H. The molecule has 2 N–H and O–H groups in total. The van der Waals surface area contributed by atoms with Crippen LogP contribution in [-0.2, 0) is 11.3 Å². The maximum Gasteiger partial charge on any atom is 0.242 e. The van der Waals surface area contributed by atoms with Gasteiger partial charge in [-0.2, -0.15) is 0 Å². The van der Waals surface area contributed by atoms with Gasteiger partial charge in [-0.1, -0.05) is 13.0 Å². The second kappa shape index (κ2) is 6.43. The molecule has 5 nitrogen and oxygen atoms in total. The van der Waals surface area contributed by atoms with Crippen molar-refractivity contribution in [2.75, 3.05) is 19.4 Å². The third-order valence-electron chi connectivity index (χ3n) is 4.41. The van der Waals surface area contributed by atoms with Crippen LogP contribution < -0.4 is 10.6 Å².